The Bertz CT molecular complexity index is 1840. The molecule has 0 heterocycles. The fraction of sp³-hybridized carbons (Fsp3) is 0.948. The van der Waals surface area contributed by atoms with E-state index in [1.165, 1.54) is 225 Å². The normalized spacial score (nSPS) is 14.2. The van der Waals surface area contributed by atoms with Gasteiger partial charge in [-0.3, -0.25) is 37.3 Å². The van der Waals surface area contributed by atoms with Gasteiger partial charge in [0.2, 0.25) is 0 Å². The van der Waals surface area contributed by atoms with Gasteiger partial charge in [-0.1, -0.05) is 356 Å². The first kappa shape index (κ1) is 94.1. The maximum Gasteiger partial charge on any atom is 0.472 e. The highest BCUT2D eigenvalue weighted by atomic mass is 31.2. The van der Waals surface area contributed by atoms with Crippen LogP contribution in [0.25, 0.3) is 0 Å². The zero-order valence-electron chi connectivity index (χ0n) is 62.5. The lowest BCUT2D eigenvalue weighted by molar-refractivity contribution is -0.161. The average molecular weight is 1410 g/mol. The third-order valence-corrected chi connectivity index (χ3v) is 20.3. The Morgan fingerprint density at radius 1 is 0.292 bits per heavy atom. The molecule has 19 heteroatoms. The first-order valence-corrected chi connectivity index (χ1v) is 43.2. The van der Waals surface area contributed by atoms with Gasteiger partial charge in [-0.15, -0.1) is 0 Å². The van der Waals surface area contributed by atoms with Crippen LogP contribution in [-0.4, -0.2) is 96.7 Å². The van der Waals surface area contributed by atoms with Gasteiger partial charge in [-0.05, 0) is 31.6 Å². The monoisotopic (exact) mass is 1410 g/mol. The average Bonchev–Trinajstić information content (AvgIpc) is 1.15. The quantitative estimate of drug-likeness (QED) is 0.0222. The van der Waals surface area contributed by atoms with Crippen molar-refractivity contribution in [1.29, 1.82) is 0 Å². The van der Waals surface area contributed by atoms with Gasteiger partial charge in [0.1, 0.15) is 19.3 Å². The summed E-state index contributed by atoms with van der Waals surface area (Å²) in [5, 5.41) is 10.6. The van der Waals surface area contributed by atoms with E-state index in [4.69, 9.17) is 37.0 Å². The Hall–Kier alpha value is -1.94. The summed E-state index contributed by atoms with van der Waals surface area (Å²) in [6, 6.07) is 0. The van der Waals surface area contributed by atoms with Gasteiger partial charge < -0.3 is 33.8 Å². The molecule has 0 aliphatic heterocycles. The van der Waals surface area contributed by atoms with Crippen molar-refractivity contribution in [3.63, 3.8) is 0 Å². The minimum Gasteiger partial charge on any atom is -0.462 e. The summed E-state index contributed by atoms with van der Waals surface area (Å²) >= 11 is 0. The molecular formula is C77H150O17P2. The highest BCUT2D eigenvalue weighted by Gasteiger charge is 2.30. The van der Waals surface area contributed by atoms with Crippen LogP contribution in [0.2, 0.25) is 0 Å². The van der Waals surface area contributed by atoms with Crippen molar-refractivity contribution in [2.75, 3.05) is 39.6 Å². The number of aliphatic hydroxyl groups is 1. The van der Waals surface area contributed by atoms with Crippen molar-refractivity contribution >= 4 is 39.5 Å². The number of ether oxygens (including phenoxy) is 4. The molecule has 0 bridgehead atoms. The smallest absolute Gasteiger partial charge is 0.462 e. The molecule has 0 fully saturated rings. The van der Waals surface area contributed by atoms with Crippen LogP contribution in [0, 0.1) is 5.92 Å². The second-order valence-electron chi connectivity index (χ2n) is 28.0. The predicted octanol–water partition coefficient (Wildman–Crippen LogP) is 22.9. The van der Waals surface area contributed by atoms with Gasteiger partial charge in [-0.2, -0.15) is 0 Å². The van der Waals surface area contributed by atoms with Crippen LogP contribution in [0.3, 0.4) is 0 Å². The molecule has 0 amide bonds. The number of hydrogen-bond acceptors (Lipinski definition) is 15. The molecule has 0 spiro atoms. The molecule has 570 valence electrons. The van der Waals surface area contributed by atoms with Gasteiger partial charge in [0, 0.05) is 25.7 Å². The number of phosphoric ester groups is 2. The van der Waals surface area contributed by atoms with E-state index in [2.05, 4.69) is 34.6 Å². The molecule has 0 saturated heterocycles. The number of unbranched alkanes of at least 4 members (excludes halogenated alkanes) is 48. The molecule has 3 N–H and O–H groups in total. The van der Waals surface area contributed by atoms with Crippen molar-refractivity contribution in [2.45, 2.75) is 425 Å². The second kappa shape index (κ2) is 70.1. The van der Waals surface area contributed by atoms with Crippen molar-refractivity contribution in [3.05, 3.63) is 0 Å². The Morgan fingerprint density at radius 2 is 0.500 bits per heavy atom. The predicted molar refractivity (Wildman–Crippen MR) is 391 cm³/mol. The molecule has 0 aliphatic rings. The largest absolute Gasteiger partial charge is 0.472 e. The lowest BCUT2D eigenvalue weighted by atomic mass is 10.00. The van der Waals surface area contributed by atoms with Crippen LogP contribution in [0.5, 0.6) is 0 Å². The maximum absolute atomic E-state index is 13.1. The van der Waals surface area contributed by atoms with E-state index in [1.54, 1.807) is 0 Å². The van der Waals surface area contributed by atoms with Crippen LogP contribution < -0.4 is 0 Å². The van der Waals surface area contributed by atoms with E-state index in [0.29, 0.717) is 25.7 Å². The first-order valence-electron chi connectivity index (χ1n) is 40.2. The molecule has 0 saturated carbocycles. The van der Waals surface area contributed by atoms with Gasteiger partial charge >= 0.3 is 39.5 Å². The minimum atomic E-state index is -4.96. The molecule has 6 atom stereocenters. The van der Waals surface area contributed by atoms with Crippen molar-refractivity contribution in [1.82, 2.24) is 0 Å². The van der Waals surface area contributed by atoms with Crippen molar-refractivity contribution in [3.8, 4) is 0 Å². The second-order valence-corrected chi connectivity index (χ2v) is 30.9. The summed E-state index contributed by atoms with van der Waals surface area (Å²) in [4.78, 5) is 72.7. The van der Waals surface area contributed by atoms with Crippen LogP contribution in [0.4, 0.5) is 0 Å². The number of hydrogen-bond donors (Lipinski definition) is 3. The number of aliphatic hydroxyl groups excluding tert-OH is 1. The molecule has 0 rings (SSSR count). The summed E-state index contributed by atoms with van der Waals surface area (Å²) in [5.74, 6) is -1.40. The Balaban J connectivity index is 5.18. The number of esters is 4. The van der Waals surface area contributed by atoms with E-state index in [1.807, 2.05) is 0 Å². The topological polar surface area (TPSA) is 237 Å². The summed E-state index contributed by atoms with van der Waals surface area (Å²) in [6.07, 6.45) is 60.0. The van der Waals surface area contributed by atoms with Gasteiger partial charge in [0.15, 0.2) is 12.2 Å². The van der Waals surface area contributed by atoms with Gasteiger partial charge in [0.25, 0.3) is 0 Å². The van der Waals surface area contributed by atoms with E-state index in [-0.39, 0.29) is 25.7 Å². The molecule has 96 heavy (non-hydrogen) atoms. The van der Waals surface area contributed by atoms with Crippen LogP contribution in [0.1, 0.15) is 407 Å². The lowest BCUT2D eigenvalue weighted by Gasteiger charge is -2.21. The molecule has 0 aliphatic carbocycles. The number of rotatable bonds is 77. The van der Waals surface area contributed by atoms with Crippen LogP contribution in [-0.2, 0) is 65.4 Å². The Morgan fingerprint density at radius 3 is 0.740 bits per heavy atom. The fourth-order valence-corrected chi connectivity index (χ4v) is 13.4. The summed E-state index contributed by atoms with van der Waals surface area (Å²) in [6.45, 7) is 7.22. The van der Waals surface area contributed by atoms with E-state index in [9.17, 15) is 43.2 Å². The zero-order valence-corrected chi connectivity index (χ0v) is 64.3. The third-order valence-electron chi connectivity index (χ3n) is 18.4. The number of phosphoric acid groups is 2. The van der Waals surface area contributed by atoms with Crippen LogP contribution >= 0.6 is 15.6 Å². The molecule has 0 aromatic rings. The van der Waals surface area contributed by atoms with Gasteiger partial charge in [0.05, 0.1) is 26.4 Å². The molecular weight excluding hydrogens is 1260 g/mol. The molecule has 0 radical (unpaired) electrons. The highest BCUT2D eigenvalue weighted by molar-refractivity contribution is 7.47. The molecule has 0 aromatic carbocycles. The Labute approximate surface area is 588 Å². The minimum absolute atomic E-state index is 0.103. The van der Waals surface area contributed by atoms with E-state index in [0.717, 1.165) is 102 Å². The van der Waals surface area contributed by atoms with Crippen LogP contribution in [0.15, 0.2) is 0 Å². The third kappa shape index (κ3) is 69.2. The van der Waals surface area contributed by atoms with Crippen molar-refractivity contribution < 1.29 is 80.2 Å². The van der Waals surface area contributed by atoms with Gasteiger partial charge in [-0.25, -0.2) is 9.13 Å². The summed E-state index contributed by atoms with van der Waals surface area (Å²) in [5.41, 5.74) is 0. The molecule has 0 aromatic heterocycles. The van der Waals surface area contributed by atoms with E-state index >= 15 is 0 Å². The maximum atomic E-state index is 13.1. The summed E-state index contributed by atoms with van der Waals surface area (Å²) in [7, 11) is -9.91. The number of carbonyl (C=O) groups is 4. The first-order chi connectivity index (χ1) is 46.6. The number of carbonyl (C=O) groups excluding carboxylic acids is 4. The SMILES string of the molecule is CCCCCCCCCCCCCCCCCCCCCC(=O)OC[C@H](COP(=O)(O)OC[C@@H](O)COP(=O)(O)OC[C@@H](COC(=O)CCCCCCCCCC)OC(=O)CCCCCCCCC(C)CC)OC(=O)CCCCCCCCCCCCCCCCCCCCC. The Kier molecular flexibility index (Phi) is 68.7. The van der Waals surface area contributed by atoms with E-state index < -0.39 is 97.5 Å². The molecule has 3 unspecified atom stereocenters. The fourth-order valence-electron chi connectivity index (χ4n) is 11.8. The lowest BCUT2D eigenvalue weighted by Crippen LogP contribution is -2.30. The summed E-state index contributed by atoms with van der Waals surface area (Å²) < 4.78 is 68.4. The standard InChI is InChI=1S/C77H150O17P2/c1-6-10-13-16-19-22-24-26-28-30-32-34-36-38-40-42-45-51-56-61-75(80)88-66-72(93-76(81)62-57-52-46-43-41-39-37-35-33-31-29-27-25-23-20-17-14-11-7-2)68-91-95(83,84)89-64-71(78)65-90-96(85,86)92-69-73(67-87-74(79)60-55-50-44-21-18-15-12-8-3)94-77(82)63-58-53-48-47-49-54-59-70(5)9-4/h70-73,78H,6-69H2,1-5H3,(H,83,84)(H,85,86)/t70?,71-,72-,73-/m1/s1. The molecule has 17 nitrogen and oxygen atoms in total. The van der Waals surface area contributed by atoms with Crippen molar-refractivity contribution in [2.24, 2.45) is 5.92 Å². The highest BCUT2D eigenvalue weighted by Crippen LogP contribution is 2.45. The zero-order chi connectivity index (χ0) is 70.5.